The van der Waals surface area contributed by atoms with Gasteiger partial charge in [-0.15, -0.1) is 0 Å². The number of carboxylic acids is 1. The van der Waals surface area contributed by atoms with Gasteiger partial charge in [-0.2, -0.15) is 5.10 Å². The number of carbonyl (C=O) groups is 1. The molecule has 5 nitrogen and oxygen atoms in total. The van der Waals surface area contributed by atoms with Gasteiger partial charge in [0.2, 0.25) is 0 Å². The summed E-state index contributed by atoms with van der Waals surface area (Å²) in [5, 5.41) is 13.2. The molecule has 2 rings (SSSR count). The van der Waals surface area contributed by atoms with Crippen molar-refractivity contribution in [2.24, 2.45) is 0 Å². The van der Waals surface area contributed by atoms with Crippen LogP contribution < -0.4 is 5.56 Å². The lowest BCUT2D eigenvalue weighted by molar-refractivity contribution is -0.137. The van der Waals surface area contributed by atoms with Crippen LogP contribution in [0.1, 0.15) is 0 Å². The Morgan fingerprint density at radius 1 is 1.40 bits per heavy atom. The molecule has 0 unspecified atom stereocenters. The monoisotopic (exact) mass is 204 g/mol. The third-order valence-electron chi connectivity index (χ3n) is 1.98. The van der Waals surface area contributed by atoms with Crippen molar-refractivity contribution in [2.75, 3.05) is 0 Å². The van der Waals surface area contributed by atoms with Crippen molar-refractivity contribution in [2.45, 2.75) is 6.54 Å². The van der Waals surface area contributed by atoms with Gasteiger partial charge in [-0.1, -0.05) is 18.2 Å². The van der Waals surface area contributed by atoms with Gasteiger partial charge in [0.1, 0.15) is 6.54 Å². The van der Waals surface area contributed by atoms with Gasteiger partial charge in [-0.05, 0) is 6.07 Å². The van der Waals surface area contributed by atoms with E-state index in [9.17, 15) is 9.59 Å². The van der Waals surface area contributed by atoms with Crippen LogP contribution in [0.5, 0.6) is 0 Å². The molecule has 0 atom stereocenters. The zero-order valence-electron chi connectivity index (χ0n) is 7.75. The number of fused-ring (bicyclic) bond motifs is 1. The fraction of sp³-hybridized carbons (Fsp3) is 0.100. The van der Waals surface area contributed by atoms with E-state index in [1.807, 2.05) is 0 Å². The van der Waals surface area contributed by atoms with Crippen LogP contribution in [0.3, 0.4) is 0 Å². The molecule has 1 aromatic heterocycles. The van der Waals surface area contributed by atoms with Crippen molar-refractivity contribution in [3.63, 3.8) is 0 Å². The maximum Gasteiger partial charge on any atom is 0.325 e. The number of benzene rings is 1. The molecule has 1 heterocycles. The van der Waals surface area contributed by atoms with Gasteiger partial charge in [0.15, 0.2) is 0 Å². The maximum absolute atomic E-state index is 11.4. The minimum atomic E-state index is -1.08. The first-order valence-electron chi connectivity index (χ1n) is 4.35. The molecule has 1 N–H and O–H groups in total. The number of hydrogen-bond donors (Lipinski definition) is 1. The van der Waals surface area contributed by atoms with Gasteiger partial charge in [-0.3, -0.25) is 9.59 Å². The van der Waals surface area contributed by atoms with Crippen LogP contribution in [0.25, 0.3) is 10.9 Å². The first kappa shape index (κ1) is 9.39. The first-order chi connectivity index (χ1) is 7.16. The van der Waals surface area contributed by atoms with Crippen molar-refractivity contribution in [1.82, 2.24) is 9.78 Å². The van der Waals surface area contributed by atoms with Gasteiger partial charge in [0, 0.05) is 11.5 Å². The molecule has 76 valence electrons. The summed E-state index contributed by atoms with van der Waals surface area (Å²) in [6.45, 7) is -0.413. The third-order valence-corrected chi connectivity index (χ3v) is 1.98. The van der Waals surface area contributed by atoms with E-state index in [-0.39, 0.29) is 0 Å². The molecule has 0 fully saturated rings. The Hall–Kier alpha value is -2.17. The summed E-state index contributed by atoms with van der Waals surface area (Å²) in [6.07, 6.45) is 0. The molecule has 0 saturated heterocycles. The normalized spacial score (nSPS) is 10.4. The Morgan fingerprint density at radius 2 is 2.13 bits per heavy atom. The van der Waals surface area contributed by atoms with Crippen molar-refractivity contribution >= 4 is 16.9 Å². The summed E-state index contributed by atoms with van der Waals surface area (Å²) >= 11 is 0. The van der Waals surface area contributed by atoms with Crippen molar-refractivity contribution in [3.8, 4) is 0 Å². The molecule has 0 amide bonds. The lowest BCUT2D eigenvalue weighted by Gasteiger charge is -2.02. The number of aromatic nitrogens is 2. The Bertz CT molecular complexity index is 574. The summed E-state index contributed by atoms with van der Waals surface area (Å²) in [7, 11) is 0. The predicted octanol–water partition coefficient (Wildman–Crippen LogP) is 0.481. The van der Waals surface area contributed by atoms with Crippen molar-refractivity contribution < 1.29 is 9.90 Å². The maximum atomic E-state index is 11.4. The number of hydrogen-bond acceptors (Lipinski definition) is 3. The first-order valence-corrected chi connectivity index (χ1v) is 4.35. The van der Waals surface area contributed by atoms with Crippen molar-refractivity contribution in [3.05, 3.63) is 40.7 Å². The molecule has 0 aliphatic carbocycles. The summed E-state index contributed by atoms with van der Waals surface area (Å²) in [5.74, 6) is -1.08. The Labute approximate surface area is 84.6 Å². The Morgan fingerprint density at radius 3 is 2.87 bits per heavy atom. The van der Waals surface area contributed by atoms with E-state index >= 15 is 0 Å². The highest BCUT2D eigenvalue weighted by atomic mass is 16.4. The average molecular weight is 204 g/mol. The average Bonchev–Trinajstić information content (AvgIpc) is 2.18. The summed E-state index contributed by atoms with van der Waals surface area (Å²) in [4.78, 5) is 21.9. The van der Waals surface area contributed by atoms with Crippen LogP contribution in [0.15, 0.2) is 35.1 Å². The molecule has 0 spiro atoms. The van der Waals surface area contributed by atoms with Crippen LogP contribution in [-0.4, -0.2) is 20.9 Å². The minimum absolute atomic E-state index is 0.406. The molecular weight excluding hydrogens is 196 g/mol. The van der Waals surface area contributed by atoms with Crippen LogP contribution in [-0.2, 0) is 11.3 Å². The highest BCUT2D eigenvalue weighted by molar-refractivity contribution is 5.77. The lowest BCUT2D eigenvalue weighted by atomic mass is 10.2. The Kier molecular flexibility index (Phi) is 2.21. The lowest BCUT2D eigenvalue weighted by Crippen LogP contribution is -2.25. The largest absolute Gasteiger partial charge is 0.480 e. The zero-order valence-corrected chi connectivity index (χ0v) is 7.75. The summed E-state index contributed by atoms with van der Waals surface area (Å²) in [5.41, 5.74) is 0.203. The number of nitrogens with zero attached hydrogens (tertiary/aromatic N) is 2. The Balaban J connectivity index is 2.62. The second kappa shape index (κ2) is 3.53. The third kappa shape index (κ3) is 1.85. The molecule has 0 radical (unpaired) electrons. The van der Waals surface area contributed by atoms with E-state index < -0.39 is 18.1 Å². The SMILES string of the molecule is O=C(O)Cn1nc2ccccc2cc1=O. The van der Waals surface area contributed by atoms with Crippen molar-refractivity contribution in [1.29, 1.82) is 0 Å². The summed E-state index contributed by atoms with van der Waals surface area (Å²) in [6, 6.07) is 8.45. The van der Waals surface area contributed by atoms with E-state index in [2.05, 4.69) is 5.10 Å². The zero-order chi connectivity index (χ0) is 10.8. The molecule has 0 aliphatic heterocycles. The van der Waals surface area contributed by atoms with Crippen LogP contribution in [0.2, 0.25) is 0 Å². The highest BCUT2D eigenvalue weighted by Gasteiger charge is 2.04. The van der Waals surface area contributed by atoms with E-state index in [4.69, 9.17) is 5.11 Å². The second-order valence-corrected chi connectivity index (χ2v) is 3.09. The van der Waals surface area contributed by atoms with E-state index in [1.165, 1.54) is 6.07 Å². The van der Waals surface area contributed by atoms with Gasteiger partial charge in [0.25, 0.3) is 5.56 Å². The number of rotatable bonds is 2. The van der Waals surface area contributed by atoms with Crippen LogP contribution >= 0.6 is 0 Å². The van der Waals surface area contributed by atoms with Gasteiger partial charge in [0.05, 0.1) is 5.52 Å². The van der Waals surface area contributed by atoms with E-state index in [0.717, 1.165) is 4.68 Å². The molecule has 0 bridgehead atoms. The molecule has 0 saturated carbocycles. The number of carboxylic acid groups (broad SMARTS) is 1. The van der Waals surface area contributed by atoms with Gasteiger partial charge in [-0.25, -0.2) is 4.68 Å². The molecule has 0 aliphatic rings. The standard InChI is InChI=1S/C10H8N2O3/c13-9-5-7-3-1-2-4-8(7)11-12(9)6-10(14)15/h1-5H,6H2,(H,14,15). The summed E-state index contributed by atoms with van der Waals surface area (Å²) < 4.78 is 0.935. The number of aliphatic carboxylic acids is 1. The second-order valence-electron chi connectivity index (χ2n) is 3.09. The fourth-order valence-electron chi connectivity index (χ4n) is 1.33. The highest BCUT2D eigenvalue weighted by Crippen LogP contribution is 2.06. The topological polar surface area (TPSA) is 72.2 Å². The minimum Gasteiger partial charge on any atom is -0.480 e. The van der Waals surface area contributed by atoms with Gasteiger partial charge >= 0.3 is 5.97 Å². The van der Waals surface area contributed by atoms with E-state index in [1.54, 1.807) is 24.3 Å². The quantitative estimate of drug-likeness (QED) is 0.772. The van der Waals surface area contributed by atoms with Crippen LogP contribution in [0.4, 0.5) is 0 Å². The smallest absolute Gasteiger partial charge is 0.325 e. The van der Waals surface area contributed by atoms with Gasteiger partial charge < -0.3 is 5.11 Å². The van der Waals surface area contributed by atoms with Crippen LogP contribution in [0, 0.1) is 0 Å². The van der Waals surface area contributed by atoms with E-state index in [0.29, 0.717) is 10.9 Å². The molecule has 5 heteroatoms. The fourth-order valence-corrected chi connectivity index (χ4v) is 1.33. The predicted molar refractivity (Wildman–Crippen MR) is 53.6 cm³/mol. The molecule has 2 aromatic rings. The molecule has 1 aromatic carbocycles. The molecular formula is C10H8N2O3. The molecule has 15 heavy (non-hydrogen) atoms.